The van der Waals surface area contributed by atoms with Crippen LogP contribution in [0.3, 0.4) is 0 Å². The molecule has 2 atom stereocenters. The highest BCUT2D eigenvalue weighted by atomic mass is 32.2. The molecule has 1 N–H and O–H groups in total. The summed E-state index contributed by atoms with van der Waals surface area (Å²) in [6.07, 6.45) is -0.0698. The summed E-state index contributed by atoms with van der Waals surface area (Å²) in [5.74, 6) is 1.57. The van der Waals surface area contributed by atoms with Gasteiger partial charge in [0.25, 0.3) is 0 Å². The Hall–Kier alpha value is -0.250. The number of hydrogen-bond acceptors (Lipinski definition) is 5. The molecule has 0 aromatic heterocycles. The quantitative estimate of drug-likeness (QED) is 0.743. The van der Waals surface area contributed by atoms with Crippen molar-refractivity contribution >= 4 is 21.6 Å². The lowest BCUT2D eigenvalue weighted by Gasteiger charge is -2.25. The second kappa shape index (κ2) is 5.39. The van der Waals surface area contributed by atoms with E-state index in [1.165, 1.54) is 0 Å². The Kier molecular flexibility index (Phi) is 4.65. The average Bonchev–Trinajstić information content (AvgIpc) is 2.56. The first kappa shape index (κ1) is 13.8. The van der Waals surface area contributed by atoms with Gasteiger partial charge in [-0.3, -0.25) is 0 Å². The van der Waals surface area contributed by atoms with Gasteiger partial charge in [-0.05, 0) is 24.3 Å². The third kappa shape index (κ3) is 3.12. The minimum absolute atomic E-state index is 0.0263. The van der Waals surface area contributed by atoms with Gasteiger partial charge >= 0.3 is 0 Å². The number of nitriles is 1. The maximum atomic E-state index is 11.4. The predicted molar refractivity (Wildman–Crippen MR) is 64.9 cm³/mol. The molecule has 0 aliphatic carbocycles. The van der Waals surface area contributed by atoms with Crippen molar-refractivity contribution in [3.05, 3.63) is 0 Å². The standard InChI is InChI=1S/C10H17NO3S2/c1-2-15-5-3-9(12)10(7-11)4-6-16(13,14)8-10/h9,12H,2-6,8H2,1H3. The van der Waals surface area contributed by atoms with E-state index in [9.17, 15) is 13.5 Å². The van der Waals surface area contributed by atoms with Crippen molar-refractivity contribution < 1.29 is 13.5 Å². The molecule has 0 bridgehead atoms. The number of rotatable bonds is 5. The van der Waals surface area contributed by atoms with Crippen molar-refractivity contribution in [1.29, 1.82) is 5.26 Å². The highest BCUT2D eigenvalue weighted by Crippen LogP contribution is 2.36. The zero-order valence-electron chi connectivity index (χ0n) is 9.35. The second-order valence-electron chi connectivity index (χ2n) is 4.11. The molecule has 0 aromatic carbocycles. The first-order valence-corrected chi connectivity index (χ1v) is 8.31. The van der Waals surface area contributed by atoms with E-state index >= 15 is 0 Å². The minimum Gasteiger partial charge on any atom is -0.391 e. The summed E-state index contributed by atoms with van der Waals surface area (Å²) in [7, 11) is -3.13. The van der Waals surface area contributed by atoms with E-state index < -0.39 is 21.4 Å². The van der Waals surface area contributed by atoms with E-state index in [0.29, 0.717) is 6.42 Å². The Morgan fingerprint density at radius 1 is 1.62 bits per heavy atom. The van der Waals surface area contributed by atoms with Crippen LogP contribution in [0.1, 0.15) is 19.8 Å². The first-order chi connectivity index (χ1) is 7.46. The minimum atomic E-state index is -3.13. The summed E-state index contributed by atoms with van der Waals surface area (Å²) in [4.78, 5) is 0. The number of nitrogens with zero attached hydrogens (tertiary/aromatic N) is 1. The summed E-state index contributed by atoms with van der Waals surface area (Å²) in [6.45, 7) is 2.02. The van der Waals surface area contributed by atoms with Gasteiger partial charge in [-0.2, -0.15) is 17.0 Å². The van der Waals surface area contributed by atoms with Gasteiger partial charge in [0.05, 0.1) is 29.1 Å². The van der Waals surface area contributed by atoms with Gasteiger partial charge in [0.15, 0.2) is 9.84 Å². The summed E-state index contributed by atoms with van der Waals surface area (Å²) in [6, 6.07) is 2.02. The molecule has 0 amide bonds. The van der Waals surface area contributed by atoms with Crippen LogP contribution in [0.4, 0.5) is 0 Å². The Morgan fingerprint density at radius 2 is 2.31 bits per heavy atom. The van der Waals surface area contributed by atoms with Crippen LogP contribution in [-0.4, -0.2) is 42.6 Å². The largest absolute Gasteiger partial charge is 0.391 e. The fraction of sp³-hybridized carbons (Fsp3) is 0.900. The zero-order valence-corrected chi connectivity index (χ0v) is 11.0. The first-order valence-electron chi connectivity index (χ1n) is 5.33. The second-order valence-corrected chi connectivity index (χ2v) is 7.69. The highest BCUT2D eigenvalue weighted by Gasteiger charge is 2.47. The molecule has 6 heteroatoms. The van der Waals surface area contributed by atoms with Gasteiger partial charge in [0, 0.05) is 0 Å². The van der Waals surface area contributed by atoms with Crippen LogP contribution in [0.15, 0.2) is 0 Å². The van der Waals surface area contributed by atoms with Crippen LogP contribution in [0.25, 0.3) is 0 Å². The molecule has 92 valence electrons. The lowest BCUT2D eigenvalue weighted by molar-refractivity contribution is 0.0771. The van der Waals surface area contributed by atoms with Crippen LogP contribution in [-0.2, 0) is 9.84 Å². The molecule has 1 saturated heterocycles. The number of thioether (sulfide) groups is 1. The molecule has 4 nitrogen and oxygen atoms in total. The summed E-state index contributed by atoms with van der Waals surface area (Å²) in [5, 5.41) is 19.1. The SMILES string of the molecule is CCSCCC(O)C1(C#N)CCS(=O)(=O)C1. The number of hydrogen-bond donors (Lipinski definition) is 1. The van der Waals surface area contributed by atoms with Crippen LogP contribution in [0.5, 0.6) is 0 Å². The van der Waals surface area contributed by atoms with Crippen LogP contribution < -0.4 is 0 Å². The Balaban J connectivity index is 2.65. The van der Waals surface area contributed by atoms with E-state index in [2.05, 4.69) is 0 Å². The fourth-order valence-corrected chi connectivity index (χ4v) is 4.60. The van der Waals surface area contributed by atoms with Crippen molar-refractivity contribution in [3.63, 3.8) is 0 Å². The van der Waals surface area contributed by atoms with Crippen molar-refractivity contribution in [2.75, 3.05) is 23.0 Å². The van der Waals surface area contributed by atoms with Gasteiger partial charge in [0.2, 0.25) is 0 Å². The lowest BCUT2D eigenvalue weighted by atomic mass is 9.82. The van der Waals surface area contributed by atoms with Crippen molar-refractivity contribution in [1.82, 2.24) is 0 Å². The van der Waals surface area contributed by atoms with Crippen molar-refractivity contribution in [2.45, 2.75) is 25.9 Å². The number of sulfone groups is 1. The molecule has 0 saturated carbocycles. The van der Waals surface area contributed by atoms with Crippen molar-refractivity contribution in [2.24, 2.45) is 5.41 Å². The molecule has 1 aliphatic rings. The predicted octanol–water partition coefficient (Wildman–Crippen LogP) is 0.819. The topological polar surface area (TPSA) is 78.2 Å². The third-order valence-corrected chi connectivity index (χ3v) is 5.65. The molecule has 1 aliphatic heterocycles. The van der Waals surface area contributed by atoms with Gasteiger partial charge in [-0.15, -0.1) is 0 Å². The number of aliphatic hydroxyl groups is 1. The molecule has 1 heterocycles. The molecule has 16 heavy (non-hydrogen) atoms. The molecule has 0 radical (unpaired) electrons. The third-order valence-electron chi connectivity index (χ3n) is 2.94. The Bertz CT molecular complexity index is 374. The van der Waals surface area contributed by atoms with Gasteiger partial charge in [-0.25, -0.2) is 8.42 Å². The lowest BCUT2D eigenvalue weighted by Crippen LogP contribution is -2.35. The van der Waals surface area contributed by atoms with Gasteiger partial charge in [0.1, 0.15) is 0 Å². The summed E-state index contributed by atoms with van der Waals surface area (Å²) >= 11 is 1.69. The zero-order chi connectivity index (χ0) is 12.2. The normalized spacial score (nSPS) is 29.8. The van der Waals surface area contributed by atoms with E-state index in [4.69, 9.17) is 5.26 Å². The molecule has 0 spiro atoms. The maximum absolute atomic E-state index is 11.4. The highest BCUT2D eigenvalue weighted by molar-refractivity contribution is 7.99. The molecular weight excluding hydrogens is 246 g/mol. The Labute approximate surface area is 101 Å². The molecule has 1 fully saturated rings. The molecular formula is C10H17NO3S2. The molecule has 0 aromatic rings. The van der Waals surface area contributed by atoms with E-state index in [1.54, 1.807) is 11.8 Å². The molecule has 1 rings (SSSR count). The van der Waals surface area contributed by atoms with Crippen molar-refractivity contribution in [3.8, 4) is 6.07 Å². The van der Waals surface area contributed by atoms with E-state index in [1.807, 2.05) is 13.0 Å². The Morgan fingerprint density at radius 3 is 2.75 bits per heavy atom. The van der Waals surface area contributed by atoms with Gasteiger partial charge < -0.3 is 5.11 Å². The monoisotopic (exact) mass is 263 g/mol. The average molecular weight is 263 g/mol. The van der Waals surface area contributed by atoms with Crippen LogP contribution in [0, 0.1) is 16.7 Å². The van der Waals surface area contributed by atoms with Crippen LogP contribution >= 0.6 is 11.8 Å². The van der Waals surface area contributed by atoms with E-state index in [-0.39, 0.29) is 17.9 Å². The fourth-order valence-electron chi connectivity index (χ4n) is 1.92. The smallest absolute Gasteiger partial charge is 0.152 e. The van der Waals surface area contributed by atoms with Crippen LogP contribution in [0.2, 0.25) is 0 Å². The van der Waals surface area contributed by atoms with E-state index in [0.717, 1.165) is 11.5 Å². The summed E-state index contributed by atoms with van der Waals surface area (Å²) in [5.41, 5.74) is -1.06. The maximum Gasteiger partial charge on any atom is 0.152 e. The molecule has 2 unspecified atom stereocenters. The summed E-state index contributed by atoms with van der Waals surface area (Å²) < 4.78 is 22.7. The van der Waals surface area contributed by atoms with Gasteiger partial charge in [-0.1, -0.05) is 6.92 Å². The number of aliphatic hydroxyl groups excluding tert-OH is 1.